The van der Waals surface area contributed by atoms with Crippen LogP contribution in [0.15, 0.2) is 18.2 Å². The van der Waals surface area contributed by atoms with Crippen molar-refractivity contribution in [2.24, 2.45) is 0 Å². The SMILES string of the molecule is O=C1NCC2CN(Cc3ccc(O)c(F)c3)CCN12. The van der Waals surface area contributed by atoms with Gasteiger partial charge in [0.05, 0.1) is 6.04 Å². The number of rotatable bonds is 2. The Labute approximate surface area is 110 Å². The molecule has 3 rings (SSSR count). The molecule has 0 bridgehead atoms. The summed E-state index contributed by atoms with van der Waals surface area (Å²) in [5.41, 5.74) is 0.834. The smallest absolute Gasteiger partial charge is 0.317 e. The van der Waals surface area contributed by atoms with Gasteiger partial charge >= 0.3 is 6.03 Å². The van der Waals surface area contributed by atoms with Crippen molar-refractivity contribution >= 4 is 6.03 Å². The van der Waals surface area contributed by atoms with E-state index in [4.69, 9.17) is 5.11 Å². The number of nitrogens with zero attached hydrogens (tertiary/aromatic N) is 2. The van der Waals surface area contributed by atoms with Gasteiger partial charge in [-0.25, -0.2) is 9.18 Å². The van der Waals surface area contributed by atoms with E-state index in [1.807, 2.05) is 4.90 Å². The van der Waals surface area contributed by atoms with Crippen molar-refractivity contribution in [2.75, 3.05) is 26.2 Å². The molecule has 0 aliphatic carbocycles. The van der Waals surface area contributed by atoms with Crippen molar-refractivity contribution in [1.82, 2.24) is 15.1 Å². The van der Waals surface area contributed by atoms with Crippen LogP contribution in [0.4, 0.5) is 9.18 Å². The predicted octanol–water partition coefficient (Wildman–Crippen LogP) is 0.741. The highest BCUT2D eigenvalue weighted by Crippen LogP contribution is 2.20. The van der Waals surface area contributed by atoms with E-state index in [0.717, 1.165) is 18.7 Å². The Morgan fingerprint density at radius 3 is 3.05 bits per heavy atom. The lowest BCUT2D eigenvalue weighted by Gasteiger charge is -2.36. The molecule has 2 amide bonds. The second-order valence-electron chi connectivity index (χ2n) is 5.05. The number of aromatic hydroxyl groups is 1. The van der Waals surface area contributed by atoms with Gasteiger partial charge in [-0.3, -0.25) is 4.90 Å². The standard InChI is InChI=1S/C13H16FN3O2/c14-11-5-9(1-2-12(11)18)7-16-3-4-17-10(8-16)6-15-13(17)19/h1-2,5,10,18H,3-4,6-8H2,(H,15,19). The summed E-state index contributed by atoms with van der Waals surface area (Å²) in [6.07, 6.45) is 0. The van der Waals surface area contributed by atoms with Gasteiger partial charge in [0.15, 0.2) is 11.6 Å². The molecule has 19 heavy (non-hydrogen) atoms. The highest BCUT2D eigenvalue weighted by molar-refractivity contribution is 5.77. The summed E-state index contributed by atoms with van der Waals surface area (Å²) in [5.74, 6) is -0.909. The fourth-order valence-electron chi connectivity index (χ4n) is 2.72. The van der Waals surface area contributed by atoms with Crippen LogP contribution in [0.2, 0.25) is 0 Å². The fraction of sp³-hybridized carbons (Fsp3) is 0.462. The first kappa shape index (κ1) is 12.2. The summed E-state index contributed by atoms with van der Waals surface area (Å²) < 4.78 is 13.3. The number of phenols is 1. The van der Waals surface area contributed by atoms with Crippen molar-refractivity contribution < 1.29 is 14.3 Å². The molecule has 102 valence electrons. The number of carbonyl (C=O) groups excluding carboxylic acids is 1. The van der Waals surface area contributed by atoms with Crippen LogP contribution in [0.3, 0.4) is 0 Å². The van der Waals surface area contributed by atoms with Crippen LogP contribution < -0.4 is 5.32 Å². The zero-order valence-electron chi connectivity index (χ0n) is 10.5. The molecule has 2 heterocycles. The lowest BCUT2D eigenvalue weighted by molar-refractivity contribution is 0.116. The topological polar surface area (TPSA) is 55.8 Å². The van der Waals surface area contributed by atoms with Gasteiger partial charge in [0.1, 0.15) is 0 Å². The average Bonchev–Trinajstić information content (AvgIpc) is 2.75. The molecule has 2 aliphatic heterocycles. The lowest BCUT2D eigenvalue weighted by Crippen LogP contribution is -2.51. The first-order valence-electron chi connectivity index (χ1n) is 6.38. The quantitative estimate of drug-likeness (QED) is 0.829. The minimum atomic E-state index is -0.589. The zero-order chi connectivity index (χ0) is 13.4. The minimum absolute atomic E-state index is 0.0142. The van der Waals surface area contributed by atoms with Crippen molar-refractivity contribution in [3.63, 3.8) is 0 Å². The summed E-state index contributed by atoms with van der Waals surface area (Å²) in [5, 5.41) is 12.0. The van der Waals surface area contributed by atoms with Crippen molar-refractivity contribution in [3.8, 4) is 5.75 Å². The predicted molar refractivity (Wildman–Crippen MR) is 67.2 cm³/mol. The molecule has 1 aromatic rings. The Hall–Kier alpha value is -1.82. The maximum atomic E-state index is 13.3. The first-order valence-corrected chi connectivity index (χ1v) is 6.38. The van der Waals surface area contributed by atoms with E-state index in [2.05, 4.69) is 10.2 Å². The number of piperazine rings is 1. The molecule has 0 radical (unpaired) electrons. The van der Waals surface area contributed by atoms with Gasteiger partial charge in [-0.05, 0) is 17.7 Å². The molecule has 5 nitrogen and oxygen atoms in total. The molecule has 2 fully saturated rings. The van der Waals surface area contributed by atoms with Gasteiger partial charge < -0.3 is 15.3 Å². The molecular formula is C13H16FN3O2. The van der Waals surface area contributed by atoms with Gasteiger partial charge in [0, 0.05) is 32.7 Å². The van der Waals surface area contributed by atoms with E-state index in [1.54, 1.807) is 6.07 Å². The molecule has 2 aliphatic rings. The summed E-state index contributed by atoms with van der Waals surface area (Å²) in [4.78, 5) is 15.5. The van der Waals surface area contributed by atoms with Crippen LogP contribution in [0.5, 0.6) is 5.75 Å². The maximum Gasteiger partial charge on any atom is 0.317 e. The minimum Gasteiger partial charge on any atom is -0.505 e. The number of hydrogen-bond donors (Lipinski definition) is 2. The van der Waals surface area contributed by atoms with E-state index in [0.29, 0.717) is 19.6 Å². The molecule has 1 atom stereocenters. The zero-order valence-corrected chi connectivity index (χ0v) is 10.5. The highest BCUT2D eigenvalue weighted by atomic mass is 19.1. The molecular weight excluding hydrogens is 249 g/mol. The van der Waals surface area contributed by atoms with Gasteiger partial charge in [-0.1, -0.05) is 6.07 Å². The van der Waals surface area contributed by atoms with E-state index >= 15 is 0 Å². The highest BCUT2D eigenvalue weighted by Gasteiger charge is 2.35. The van der Waals surface area contributed by atoms with Crippen LogP contribution in [-0.2, 0) is 6.54 Å². The second-order valence-corrected chi connectivity index (χ2v) is 5.05. The number of phenolic OH excluding ortho intramolecular Hbond substituents is 1. The average molecular weight is 265 g/mol. The number of halogens is 1. The van der Waals surface area contributed by atoms with Gasteiger partial charge in [0.25, 0.3) is 0 Å². The van der Waals surface area contributed by atoms with Crippen molar-refractivity contribution in [3.05, 3.63) is 29.6 Å². The van der Waals surface area contributed by atoms with Gasteiger partial charge in [-0.15, -0.1) is 0 Å². The van der Waals surface area contributed by atoms with Crippen LogP contribution in [0.25, 0.3) is 0 Å². The van der Waals surface area contributed by atoms with Gasteiger partial charge in [0.2, 0.25) is 0 Å². The molecule has 0 spiro atoms. The van der Waals surface area contributed by atoms with E-state index in [9.17, 15) is 9.18 Å². The number of hydrogen-bond acceptors (Lipinski definition) is 3. The second kappa shape index (κ2) is 4.70. The third kappa shape index (κ3) is 2.35. The Kier molecular flexibility index (Phi) is 3.02. The summed E-state index contributed by atoms with van der Waals surface area (Å²) in [6, 6.07) is 4.69. The number of fused-ring (bicyclic) bond motifs is 1. The van der Waals surface area contributed by atoms with Crippen molar-refractivity contribution in [1.29, 1.82) is 0 Å². The molecule has 2 N–H and O–H groups in total. The fourth-order valence-corrected chi connectivity index (χ4v) is 2.72. The van der Waals surface area contributed by atoms with E-state index in [-0.39, 0.29) is 17.8 Å². The maximum absolute atomic E-state index is 13.3. The van der Waals surface area contributed by atoms with Gasteiger partial charge in [-0.2, -0.15) is 0 Å². The molecule has 0 saturated carbocycles. The summed E-state index contributed by atoms with van der Waals surface area (Å²) in [7, 11) is 0. The number of nitrogens with one attached hydrogen (secondary N) is 1. The largest absolute Gasteiger partial charge is 0.505 e. The summed E-state index contributed by atoms with van der Waals surface area (Å²) in [6.45, 7) is 3.60. The molecule has 1 aromatic carbocycles. The normalized spacial score (nSPS) is 23.3. The Bertz CT molecular complexity index is 509. The third-order valence-electron chi connectivity index (χ3n) is 3.73. The Morgan fingerprint density at radius 2 is 2.26 bits per heavy atom. The van der Waals surface area contributed by atoms with Crippen LogP contribution in [0, 0.1) is 5.82 Å². The molecule has 0 aromatic heterocycles. The molecule has 2 saturated heterocycles. The van der Waals surface area contributed by atoms with Crippen LogP contribution in [-0.4, -0.2) is 53.2 Å². The monoisotopic (exact) mass is 265 g/mol. The third-order valence-corrected chi connectivity index (χ3v) is 3.73. The number of urea groups is 1. The molecule has 1 unspecified atom stereocenters. The van der Waals surface area contributed by atoms with Crippen molar-refractivity contribution in [2.45, 2.75) is 12.6 Å². The van der Waals surface area contributed by atoms with Crippen LogP contribution >= 0.6 is 0 Å². The van der Waals surface area contributed by atoms with Crippen LogP contribution in [0.1, 0.15) is 5.56 Å². The first-order chi connectivity index (χ1) is 9.13. The van der Waals surface area contributed by atoms with E-state index in [1.165, 1.54) is 12.1 Å². The number of amides is 2. The van der Waals surface area contributed by atoms with E-state index < -0.39 is 5.82 Å². The number of benzene rings is 1. The summed E-state index contributed by atoms with van der Waals surface area (Å²) >= 11 is 0. The lowest BCUT2D eigenvalue weighted by atomic mass is 10.1. The number of carbonyl (C=O) groups is 1. The Balaban J connectivity index is 1.65. The molecule has 6 heteroatoms. The Morgan fingerprint density at radius 1 is 1.42 bits per heavy atom.